The molecule has 0 spiro atoms. The summed E-state index contributed by atoms with van der Waals surface area (Å²) < 4.78 is 42.3. The Kier molecular flexibility index (Phi) is 8.39. The zero-order valence-corrected chi connectivity index (χ0v) is 19.6. The number of aromatic nitrogens is 2. The van der Waals surface area contributed by atoms with Gasteiger partial charge in [-0.2, -0.15) is 5.10 Å². The summed E-state index contributed by atoms with van der Waals surface area (Å²) >= 11 is 0. The minimum Gasteiger partial charge on any atom is -0.490 e. The molecule has 1 atom stereocenters. The molecule has 0 radical (unpaired) electrons. The van der Waals surface area contributed by atoms with Crippen LogP contribution in [0.15, 0.2) is 23.2 Å². The van der Waals surface area contributed by atoms with Crippen LogP contribution in [0.3, 0.4) is 0 Å². The van der Waals surface area contributed by atoms with E-state index in [-0.39, 0.29) is 47.3 Å². The third-order valence-electron chi connectivity index (χ3n) is 4.66. The largest absolute Gasteiger partial charge is 0.490 e. The Hall–Kier alpha value is -2.92. The summed E-state index contributed by atoms with van der Waals surface area (Å²) in [5, 5.41) is 13.2. The van der Waals surface area contributed by atoms with E-state index in [2.05, 4.69) is 5.10 Å². The molecule has 11 heteroatoms. The van der Waals surface area contributed by atoms with Crippen LogP contribution in [0.5, 0.6) is 11.6 Å². The van der Waals surface area contributed by atoms with Crippen LogP contribution in [0.2, 0.25) is 0 Å². The lowest BCUT2D eigenvalue weighted by Gasteiger charge is -2.17. The topological polar surface area (TPSA) is 134 Å². The Morgan fingerprint density at radius 2 is 1.91 bits per heavy atom. The molecule has 1 aromatic heterocycles. The molecule has 1 N–H and O–H groups in total. The quantitative estimate of drug-likeness (QED) is 0.367. The molecule has 32 heavy (non-hydrogen) atoms. The minimum absolute atomic E-state index is 0.0292. The van der Waals surface area contributed by atoms with Crippen LogP contribution in [0, 0.1) is 6.92 Å². The molecule has 2 aromatic rings. The summed E-state index contributed by atoms with van der Waals surface area (Å²) in [4.78, 5) is 24.4. The van der Waals surface area contributed by atoms with E-state index >= 15 is 0 Å². The molecule has 0 saturated carbocycles. The van der Waals surface area contributed by atoms with Gasteiger partial charge in [0.15, 0.2) is 15.6 Å². The number of carbonyl (C=O) groups excluding carboxylic acids is 1. The Morgan fingerprint density at radius 3 is 2.47 bits per heavy atom. The highest BCUT2D eigenvalue weighted by molar-refractivity contribution is 7.90. The molecule has 1 aromatic carbocycles. The third kappa shape index (κ3) is 5.86. The fraction of sp³-hybridized carbons (Fsp3) is 0.476. The van der Waals surface area contributed by atoms with Crippen molar-refractivity contribution in [2.24, 2.45) is 0 Å². The summed E-state index contributed by atoms with van der Waals surface area (Å²) in [6.45, 7) is 5.74. The van der Waals surface area contributed by atoms with E-state index in [1.54, 1.807) is 13.8 Å². The predicted octanol–water partition coefficient (Wildman–Crippen LogP) is 2.11. The first-order valence-corrected chi connectivity index (χ1v) is 11.8. The molecule has 0 fully saturated rings. The van der Waals surface area contributed by atoms with Crippen molar-refractivity contribution in [3.8, 4) is 11.6 Å². The van der Waals surface area contributed by atoms with Crippen LogP contribution in [0.1, 0.15) is 41.8 Å². The number of nitrogens with zero attached hydrogens (tertiary/aromatic N) is 2. The molecule has 0 bridgehead atoms. The van der Waals surface area contributed by atoms with Gasteiger partial charge in [-0.1, -0.05) is 0 Å². The predicted molar refractivity (Wildman–Crippen MR) is 115 cm³/mol. The number of sulfone groups is 1. The molecule has 2 rings (SSSR count). The number of hydrogen-bond acceptors (Lipinski definition) is 8. The summed E-state index contributed by atoms with van der Waals surface area (Å²) in [5.41, 5.74) is 0.709. The maximum Gasteiger partial charge on any atom is 0.307 e. The lowest BCUT2D eigenvalue weighted by atomic mass is 10.00. The van der Waals surface area contributed by atoms with Crippen molar-refractivity contribution >= 4 is 21.6 Å². The molecule has 0 aliphatic rings. The number of hydrogen-bond donors (Lipinski definition) is 1. The van der Waals surface area contributed by atoms with Gasteiger partial charge in [-0.05, 0) is 32.9 Å². The molecule has 176 valence electrons. The van der Waals surface area contributed by atoms with Gasteiger partial charge in [-0.3, -0.25) is 9.59 Å². The number of carboxylic acids is 1. The number of ketones is 1. The van der Waals surface area contributed by atoms with E-state index in [1.807, 2.05) is 6.92 Å². The Morgan fingerprint density at radius 1 is 1.22 bits per heavy atom. The Labute approximate surface area is 187 Å². The summed E-state index contributed by atoms with van der Waals surface area (Å²) in [5.74, 6) is -1.24. The highest BCUT2D eigenvalue weighted by Gasteiger charge is 2.27. The first kappa shape index (κ1) is 25.3. The van der Waals surface area contributed by atoms with Gasteiger partial charge in [0.2, 0.25) is 5.88 Å². The Balaban J connectivity index is 2.52. The first-order chi connectivity index (χ1) is 15.0. The highest BCUT2D eigenvalue weighted by Crippen LogP contribution is 2.33. The lowest BCUT2D eigenvalue weighted by molar-refractivity contribution is -0.138. The van der Waals surface area contributed by atoms with Crippen molar-refractivity contribution < 1.29 is 37.3 Å². The van der Waals surface area contributed by atoms with Crippen LogP contribution in [0.25, 0.3) is 0 Å². The number of benzene rings is 1. The summed E-state index contributed by atoms with van der Waals surface area (Å²) in [7, 11) is -2.12. The van der Waals surface area contributed by atoms with Crippen LogP contribution in [0.4, 0.5) is 0 Å². The number of carbonyl (C=O) groups is 2. The average molecular weight is 469 g/mol. The van der Waals surface area contributed by atoms with E-state index in [0.29, 0.717) is 12.1 Å². The molecule has 0 aliphatic heterocycles. The van der Waals surface area contributed by atoms with E-state index in [9.17, 15) is 18.0 Å². The van der Waals surface area contributed by atoms with Gasteiger partial charge in [0.05, 0.1) is 19.2 Å². The van der Waals surface area contributed by atoms with Crippen molar-refractivity contribution in [3.05, 3.63) is 35.0 Å². The van der Waals surface area contributed by atoms with E-state index in [1.165, 1.54) is 30.1 Å². The van der Waals surface area contributed by atoms with Gasteiger partial charge < -0.3 is 19.3 Å². The van der Waals surface area contributed by atoms with Crippen LogP contribution >= 0.6 is 0 Å². The van der Waals surface area contributed by atoms with Crippen molar-refractivity contribution in [1.82, 2.24) is 9.78 Å². The fourth-order valence-electron chi connectivity index (χ4n) is 3.11. The van der Waals surface area contributed by atoms with Crippen molar-refractivity contribution in [3.63, 3.8) is 0 Å². The fourth-order valence-corrected chi connectivity index (χ4v) is 3.98. The number of rotatable bonds is 12. The maximum atomic E-state index is 13.4. The third-order valence-corrected chi connectivity index (χ3v) is 5.78. The van der Waals surface area contributed by atoms with Crippen LogP contribution < -0.4 is 9.47 Å². The minimum atomic E-state index is -3.61. The average Bonchev–Trinajstić information content (AvgIpc) is 3.09. The zero-order chi connectivity index (χ0) is 24.1. The van der Waals surface area contributed by atoms with E-state index in [0.717, 1.165) is 6.26 Å². The van der Waals surface area contributed by atoms with Gasteiger partial charge in [0.1, 0.15) is 28.9 Å². The molecule has 1 heterocycles. The zero-order valence-electron chi connectivity index (χ0n) is 18.7. The number of methoxy groups -OCH3 is 1. The molecular formula is C21H28N2O8S. The molecular weight excluding hydrogens is 440 g/mol. The van der Waals surface area contributed by atoms with Gasteiger partial charge in [-0.15, -0.1) is 0 Å². The molecule has 0 amide bonds. The van der Waals surface area contributed by atoms with E-state index < -0.39 is 27.7 Å². The lowest BCUT2D eigenvalue weighted by Crippen LogP contribution is -2.20. The number of carboxylic acid groups (broad SMARTS) is 1. The number of aryl methyl sites for hydroxylation is 1. The second-order valence-electron chi connectivity index (χ2n) is 7.21. The van der Waals surface area contributed by atoms with Gasteiger partial charge in [0.25, 0.3) is 0 Å². The first-order valence-electron chi connectivity index (χ1n) is 9.95. The van der Waals surface area contributed by atoms with Crippen molar-refractivity contribution in [2.45, 2.75) is 44.7 Å². The second kappa shape index (κ2) is 10.6. The normalized spacial score (nSPS) is 12.4. The highest BCUT2D eigenvalue weighted by atomic mass is 32.2. The number of ether oxygens (including phenoxy) is 3. The monoisotopic (exact) mass is 468 g/mol. The van der Waals surface area contributed by atoms with Gasteiger partial charge in [-0.25, -0.2) is 13.1 Å². The van der Waals surface area contributed by atoms with Crippen molar-refractivity contribution in [2.75, 3.05) is 26.6 Å². The van der Waals surface area contributed by atoms with Gasteiger partial charge in [0, 0.05) is 31.0 Å². The second-order valence-corrected chi connectivity index (χ2v) is 9.20. The number of aliphatic carboxylic acids is 1. The SMILES string of the molecule is CCn1ncc(C(=O)c2ccc(S(C)(=O)=O)c(OCCOC)c2C)c1OC(C)CC(=O)O. The molecule has 1 unspecified atom stereocenters. The molecule has 0 aliphatic carbocycles. The van der Waals surface area contributed by atoms with Crippen LogP contribution in [-0.4, -0.2) is 67.7 Å². The maximum absolute atomic E-state index is 13.4. The standard InChI is InChI=1S/C21H28N2O8S/c1-6-23-21(31-13(2)11-18(24)25)16(12-22-23)19(26)15-7-8-17(32(5,27)28)20(14(15)3)30-10-9-29-4/h7-8,12-13H,6,9-11H2,1-5H3,(H,24,25). The van der Waals surface area contributed by atoms with Crippen molar-refractivity contribution in [1.29, 1.82) is 0 Å². The summed E-state index contributed by atoms with van der Waals surface area (Å²) in [6, 6.07) is 2.75. The van der Waals surface area contributed by atoms with E-state index in [4.69, 9.17) is 19.3 Å². The van der Waals surface area contributed by atoms with Gasteiger partial charge >= 0.3 is 5.97 Å². The molecule has 10 nitrogen and oxygen atoms in total. The summed E-state index contributed by atoms with van der Waals surface area (Å²) in [6.07, 6.45) is 1.47. The smallest absolute Gasteiger partial charge is 0.307 e. The van der Waals surface area contributed by atoms with Crippen LogP contribution in [-0.2, 0) is 25.9 Å². The Bertz CT molecular complexity index is 1090. The molecule has 0 saturated heterocycles.